The van der Waals surface area contributed by atoms with Crippen molar-refractivity contribution in [3.63, 3.8) is 0 Å². The largest absolute Gasteiger partial charge is 0.493 e. The molecule has 0 radical (unpaired) electrons. The highest BCUT2D eigenvalue weighted by atomic mass is 16.5. The third kappa shape index (κ3) is 8.27. The Kier molecular flexibility index (Phi) is 10.8. The summed E-state index contributed by atoms with van der Waals surface area (Å²) in [6.07, 6.45) is 5.60. The molecule has 2 amide bonds. The number of anilines is 1. The van der Waals surface area contributed by atoms with Crippen LogP contribution in [0.2, 0.25) is 0 Å². The molecule has 0 saturated heterocycles. The maximum atomic E-state index is 12.6. The molecule has 0 atom stereocenters. The van der Waals surface area contributed by atoms with Crippen molar-refractivity contribution in [3.05, 3.63) is 71.6 Å². The minimum atomic E-state index is -0.602. The molecule has 3 rings (SSSR count). The van der Waals surface area contributed by atoms with Gasteiger partial charge in [0.05, 0.1) is 14.2 Å². The Morgan fingerprint density at radius 1 is 1.05 bits per heavy atom. The summed E-state index contributed by atoms with van der Waals surface area (Å²) in [4.78, 5) is 31.5. The van der Waals surface area contributed by atoms with E-state index in [-0.39, 0.29) is 11.6 Å². The fraction of sp³-hybridized carbons (Fsp3) is 0.310. The summed E-state index contributed by atoms with van der Waals surface area (Å²) in [5.74, 6) is 0.770. The van der Waals surface area contributed by atoms with E-state index in [4.69, 9.17) is 14.9 Å². The zero-order valence-electron chi connectivity index (χ0n) is 22.8. The van der Waals surface area contributed by atoms with Gasteiger partial charge in [0, 0.05) is 41.3 Å². The van der Waals surface area contributed by atoms with E-state index in [0.29, 0.717) is 35.1 Å². The minimum absolute atomic E-state index is 0.163. The lowest BCUT2D eigenvalue weighted by Crippen LogP contribution is -2.29. The Morgan fingerprint density at radius 2 is 1.77 bits per heavy atom. The number of benzene rings is 2. The molecule has 1 aliphatic rings. The van der Waals surface area contributed by atoms with E-state index >= 15 is 0 Å². The van der Waals surface area contributed by atoms with E-state index < -0.39 is 5.91 Å². The SMILES string of the molecule is CCN(CC)CCCNC(=O)c1ccc(NC(=O)C(=N)/C=C2/N=CC=C(c3ccc(OC)c(OC)c3)N2)cc1. The fourth-order valence-electron chi connectivity index (χ4n) is 3.90. The number of carbonyl (C=O) groups is 2. The predicted molar refractivity (Wildman–Crippen MR) is 155 cm³/mol. The van der Waals surface area contributed by atoms with E-state index in [1.165, 1.54) is 6.08 Å². The molecular formula is C29H36N6O4. The van der Waals surface area contributed by atoms with E-state index in [1.54, 1.807) is 56.8 Å². The molecular weight excluding hydrogens is 496 g/mol. The van der Waals surface area contributed by atoms with Gasteiger partial charge < -0.3 is 30.3 Å². The molecule has 0 saturated carbocycles. The van der Waals surface area contributed by atoms with Crippen LogP contribution in [-0.2, 0) is 4.79 Å². The molecule has 0 fully saturated rings. The van der Waals surface area contributed by atoms with Gasteiger partial charge in [0.25, 0.3) is 11.8 Å². The van der Waals surface area contributed by atoms with Crippen LogP contribution in [0.3, 0.4) is 0 Å². The summed E-state index contributed by atoms with van der Waals surface area (Å²) in [6, 6.07) is 12.0. The van der Waals surface area contributed by atoms with Crippen molar-refractivity contribution in [1.29, 1.82) is 5.41 Å². The molecule has 0 unspecified atom stereocenters. The lowest BCUT2D eigenvalue weighted by Gasteiger charge is -2.17. The molecule has 1 aliphatic heterocycles. The van der Waals surface area contributed by atoms with Crippen LogP contribution in [-0.4, -0.2) is 69.0 Å². The predicted octanol–water partition coefficient (Wildman–Crippen LogP) is 3.68. The molecule has 0 bridgehead atoms. The van der Waals surface area contributed by atoms with Crippen molar-refractivity contribution >= 4 is 35.1 Å². The van der Waals surface area contributed by atoms with Crippen LogP contribution in [0, 0.1) is 5.41 Å². The summed E-state index contributed by atoms with van der Waals surface area (Å²) in [5, 5.41) is 16.9. The number of aliphatic imine (C=N–C) groups is 1. The number of ether oxygens (including phenoxy) is 2. The molecule has 10 heteroatoms. The van der Waals surface area contributed by atoms with Crippen molar-refractivity contribution in [2.24, 2.45) is 4.99 Å². The van der Waals surface area contributed by atoms with Crippen LogP contribution >= 0.6 is 0 Å². The summed E-state index contributed by atoms with van der Waals surface area (Å²) in [5.41, 5.74) is 2.26. The molecule has 206 valence electrons. The molecule has 0 aliphatic carbocycles. The van der Waals surface area contributed by atoms with Gasteiger partial charge in [0.1, 0.15) is 11.5 Å². The smallest absolute Gasteiger partial charge is 0.273 e. The number of nitrogens with zero attached hydrogens (tertiary/aromatic N) is 2. The van der Waals surface area contributed by atoms with Gasteiger partial charge in [-0.3, -0.25) is 15.0 Å². The van der Waals surface area contributed by atoms with Gasteiger partial charge >= 0.3 is 0 Å². The van der Waals surface area contributed by atoms with Crippen molar-refractivity contribution in [2.75, 3.05) is 45.7 Å². The van der Waals surface area contributed by atoms with E-state index in [1.807, 2.05) is 12.1 Å². The van der Waals surface area contributed by atoms with Gasteiger partial charge in [-0.1, -0.05) is 13.8 Å². The highest BCUT2D eigenvalue weighted by molar-refractivity contribution is 6.46. The second-order valence-corrected chi connectivity index (χ2v) is 8.66. The maximum Gasteiger partial charge on any atom is 0.273 e. The van der Waals surface area contributed by atoms with Crippen LogP contribution < -0.4 is 25.4 Å². The lowest BCUT2D eigenvalue weighted by molar-refractivity contribution is -0.110. The monoisotopic (exact) mass is 532 g/mol. The Balaban J connectivity index is 1.53. The number of methoxy groups -OCH3 is 2. The maximum absolute atomic E-state index is 12.6. The average molecular weight is 533 g/mol. The standard InChI is InChI=1S/C29H36N6O4/c1-5-35(6-2)17-7-15-32-28(36)20-8-11-22(12-9-20)33-29(37)23(30)19-27-31-16-14-24(34-27)21-10-13-25(38-3)26(18-21)39-4/h8-14,16,18-19,30,34H,5-7,15,17H2,1-4H3,(H,32,36)(H,33,37)/b27-19-,30-23?. The molecule has 2 aromatic rings. The summed E-state index contributed by atoms with van der Waals surface area (Å²) >= 11 is 0. The number of nitrogens with one attached hydrogen (secondary N) is 4. The van der Waals surface area contributed by atoms with Crippen LogP contribution in [0.15, 0.2) is 65.4 Å². The second-order valence-electron chi connectivity index (χ2n) is 8.66. The fourth-order valence-corrected chi connectivity index (χ4v) is 3.90. The third-order valence-corrected chi connectivity index (χ3v) is 6.17. The highest BCUT2D eigenvalue weighted by Crippen LogP contribution is 2.30. The number of carbonyl (C=O) groups excluding carboxylic acids is 2. The molecule has 2 aromatic carbocycles. The molecule has 1 heterocycles. The zero-order valence-corrected chi connectivity index (χ0v) is 22.8. The van der Waals surface area contributed by atoms with Crippen LogP contribution in [0.4, 0.5) is 5.69 Å². The van der Waals surface area contributed by atoms with Gasteiger partial charge in [0.2, 0.25) is 0 Å². The Labute approximate surface area is 229 Å². The number of rotatable bonds is 13. The first-order valence-corrected chi connectivity index (χ1v) is 12.8. The van der Waals surface area contributed by atoms with Crippen LogP contribution in [0.5, 0.6) is 11.5 Å². The third-order valence-electron chi connectivity index (χ3n) is 6.17. The first kappa shape index (κ1) is 29.1. The Morgan fingerprint density at radius 3 is 2.44 bits per heavy atom. The molecule has 0 spiro atoms. The van der Waals surface area contributed by atoms with E-state index in [2.05, 4.69) is 39.7 Å². The quantitative estimate of drug-likeness (QED) is 0.230. The van der Waals surface area contributed by atoms with Crippen molar-refractivity contribution < 1.29 is 19.1 Å². The van der Waals surface area contributed by atoms with Gasteiger partial charge in [-0.2, -0.15) is 0 Å². The molecule has 4 N–H and O–H groups in total. The van der Waals surface area contributed by atoms with E-state index in [9.17, 15) is 9.59 Å². The van der Waals surface area contributed by atoms with Crippen molar-refractivity contribution in [1.82, 2.24) is 15.5 Å². The van der Waals surface area contributed by atoms with Gasteiger partial charge in [0.15, 0.2) is 11.5 Å². The Hall–Kier alpha value is -4.44. The number of hydrogen-bond donors (Lipinski definition) is 4. The van der Waals surface area contributed by atoms with Crippen molar-refractivity contribution in [2.45, 2.75) is 20.3 Å². The normalized spacial score (nSPS) is 13.5. The topological polar surface area (TPSA) is 128 Å². The number of hydrogen-bond acceptors (Lipinski definition) is 8. The summed E-state index contributed by atoms with van der Waals surface area (Å²) in [6.45, 7) is 7.77. The van der Waals surface area contributed by atoms with E-state index in [0.717, 1.165) is 37.3 Å². The molecule has 39 heavy (non-hydrogen) atoms. The van der Waals surface area contributed by atoms with Gasteiger partial charge in [-0.15, -0.1) is 0 Å². The first-order chi connectivity index (χ1) is 18.9. The highest BCUT2D eigenvalue weighted by Gasteiger charge is 2.14. The van der Waals surface area contributed by atoms with Crippen molar-refractivity contribution in [3.8, 4) is 11.5 Å². The second kappa shape index (κ2) is 14.5. The molecule has 10 nitrogen and oxygen atoms in total. The zero-order chi connectivity index (χ0) is 28.2. The summed E-state index contributed by atoms with van der Waals surface area (Å²) in [7, 11) is 3.14. The Bertz CT molecular complexity index is 1260. The average Bonchev–Trinajstić information content (AvgIpc) is 2.97. The van der Waals surface area contributed by atoms with Gasteiger partial charge in [-0.25, -0.2) is 4.99 Å². The lowest BCUT2D eigenvalue weighted by atomic mass is 10.1. The minimum Gasteiger partial charge on any atom is -0.493 e. The molecule has 0 aromatic heterocycles. The first-order valence-electron chi connectivity index (χ1n) is 12.8. The van der Waals surface area contributed by atoms with Crippen LogP contribution in [0.1, 0.15) is 36.2 Å². The van der Waals surface area contributed by atoms with Gasteiger partial charge in [-0.05, 0) is 74.6 Å². The van der Waals surface area contributed by atoms with Crippen LogP contribution in [0.25, 0.3) is 5.70 Å². The summed E-state index contributed by atoms with van der Waals surface area (Å²) < 4.78 is 10.6. The number of allylic oxidation sites excluding steroid dienone is 1. The number of amides is 2.